The highest BCUT2D eigenvalue weighted by atomic mass is 35.5. The zero-order valence-corrected chi connectivity index (χ0v) is 15.8. The minimum atomic E-state index is -3.39. The number of halogens is 4. The second-order valence-electron chi connectivity index (χ2n) is 6.27. The summed E-state index contributed by atoms with van der Waals surface area (Å²) in [6.07, 6.45) is 1.24. The molecule has 7 nitrogen and oxygen atoms in total. The molecule has 1 aromatic carbocycles. The van der Waals surface area contributed by atoms with Gasteiger partial charge < -0.3 is 5.32 Å². The highest BCUT2D eigenvalue weighted by Gasteiger charge is 2.42. The van der Waals surface area contributed by atoms with E-state index in [-0.39, 0.29) is 16.5 Å². The van der Waals surface area contributed by atoms with Gasteiger partial charge in [-0.05, 0) is 31.4 Å². The van der Waals surface area contributed by atoms with Gasteiger partial charge in [0, 0.05) is 28.0 Å². The summed E-state index contributed by atoms with van der Waals surface area (Å²) in [5.41, 5.74) is -0.0172. The number of nitrogens with one attached hydrogen (secondary N) is 1. The summed E-state index contributed by atoms with van der Waals surface area (Å²) in [6, 6.07) is 5.22. The van der Waals surface area contributed by atoms with Crippen LogP contribution in [-0.4, -0.2) is 33.2 Å². The number of amides is 2. The van der Waals surface area contributed by atoms with Crippen LogP contribution in [0.25, 0.3) is 0 Å². The maximum absolute atomic E-state index is 12.4. The van der Waals surface area contributed by atoms with Gasteiger partial charge >= 0.3 is 12.3 Å². The van der Waals surface area contributed by atoms with Gasteiger partial charge in [0.2, 0.25) is 5.95 Å². The van der Waals surface area contributed by atoms with Crippen LogP contribution in [0.3, 0.4) is 0 Å². The Morgan fingerprint density at radius 2 is 1.75 bits per heavy atom. The average Bonchev–Trinajstić information content (AvgIpc) is 2.64. The fourth-order valence-corrected chi connectivity index (χ4v) is 3.74. The summed E-state index contributed by atoms with van der Waals surface area (Å²) in [6.45, 7) is 0. The van der Waals surface area contributed by atoms with Gasteiger partial charge in [-0.15, -0.1) is 0 Å². The van der Waals surface area contributed by atoms with Gasteiger partial charge in [-0.25, -0.2) is 20.8 Å². The fourth-order valence-electron chi connectivity index (χ4n) is 2.98. The molecule has 11 heteroatoms. The van der Waals surface area contributed by atoms with E-state index in [0.29, 0.717) is 10.0 Å². The highest BCUT2D eigenvalue weighted by Crippen LogP contribution is 2.48. The third-order valence-electron chi connectivity index (χ3n) is 4.54. The average molecular weight is 430 g/mol. The molecule has 2 amide bonds. The van der Waals surface area contributed by atoms with Crippen LogP contribution in [0.15, 0.2) is 30.6 Å². The van der Waals surface area contributed by atoms with E-state index in [2.05, 4.69) is 15.3 Å². The van der Waals surface area contributed by atoms with Crippen LogP contribution in [0.1, 0.15) is 35.2 Å². The number of imide groups is 1. The van der Waals surface area contributed by atoms with E-state index in [9.17, 15) is 18.4 Å². The molecule has 1 heterocycles. The molecule has 0 atom stereocenters. The molecule has 0 spiro atoms. The molecule has 3 rings (SSSR count). The Morgan fingerprint density at radius 1 is 1.18 bits per heavy atom. The third-order valence-corrected chi connectivity index (χ3v) is 5.17. The number of nitrogens with two attached hydrogens (primary N) is 1. The van der Waals surface area contributed by atoms with E-state index in [1.807, 2.05) is 0 Å². The second-order valence-corrected chi connectivity index (χ2v) is 7.08. The summed E-state index contributed by atoms with van der Waals surface area (Å²) < 4.78 is 24.8. The first-order valence-corrected chi connectivity index (χ1v) is 8.96. The second kappa shape index (κ2) is 7.94. The van der Waals surface area contributed by atoms with Crippen LogP contribution in [0, 0.1) is 0 Å². The number of hydrazine groups is 1. The van der Waals surface area contributed by atoms with Crippen molar-refractivity contribution in [3.63, 3.8) is 0 Å². The van der Waals surface area contributed by atoms with Crippen molar-refractivity contribution in [1.29, 1.82) is 0 Å². The van der Waals surface area contributed by atoms with Crippen LogP contribution in [0.5, 0.6) is 0 Å². The van der Waals surface area contributed by atoms with Gasteiger partial charge in [0.25, 0.3) is 5.91 Å². The summed E-state index contributed by atoms with van der Waals surface area (Å²) in [4.78, 5) is 31.2. The number of benzene rings is 1. The first-order chi connectivity index (χ1) is 13.2. The number of alkyl halides is 2. The number of anilines is 1. The standard InChI is InChI=1S/C17H15Cl2F2N5O2/c18-10-3-1-4-11(19)12(10)17(5-2-6-17)25-16-23-7-9(8-24-16)14(27)26(22)15(28)13(20)21/h1,3-4,7-8,13H,2,5-6,22H2,(H,23,24,25). The SMILES string of the molecule is NN(C(=O)c1cnc(NC2(c3c(Cl)cccc3Cl)CCC2)nc1)C(=O)C(F)F. The van der Waals surface area contributed by atoms with Crippen LogP contribution >= 0.6 is 23.2 Å². The molecule has 1 aliphatic rings. The molecule has 2 aromatic rings. The van der Waals surface area contributed by atoms with Crippen molar-refractivity contribution in [2.24, 2.45) is 5.84 Å². The molecule has 28 heavy (non-hydrogen) atoms. The highest BCUT2D eigenvalue weighted by molar-refractivity contribution is 6.36. The Bertz CT molecular complexity index is 887. The molecule has 0 saturated heterocycles. The van der Waals surface area contributed by atoms with Crippen molar-refractivity contribution in [2.75, 3.05) is 5.32 Å². The molecule has 1 fully saturated rings. The summed E-state index contributed by atoms with van der Waals surface area (Å²) >= 11 is 12.7. The molecular weight excluding hydrogens is 415 g/mol. The molecular formula is C17H15Cl2F2N5O2. The minimum absolute atomic E-state index is 0.159. The van der Waals surface area contributed by atoms with Crippen molar-refractivity contribution < 1.29 is 18.4 Å². The lowest BCUT2D eigenvalue weighted by Gasteiger charge is -2.44. The lowest BCUT2D eigenvalue weighted by molar-refractivity contribution is -0.140. The smallest absolute Gasteiger partial charge is 0.317 e. The van der Waals surface area contributed by atoms with Crippen molar-refractivity contribution in [3.8, 4) is 0 Å². The minimum Gasteiger partial charge on any atom is -0.345 e. The van der Waals surface area contributed by atoms with E-state index >= 15 is 0 Å². The maximum Gasteiger partial charge on any atom is 0.317 e. The summed E-state index contributed by atoms with van der Waals surface area (Å²) in [7, 11) is 0. The van der Waals surface area contributed by atoms with Gasteiger partial charge in [0.1, 0.15) is 0 Å². The Balaban J connectivity index is 1.80. The molecule has 1 saturated carbocycles. The quantitative estimate of drug-likeness (QED) is 0.429. The van der Waals surface area contributed by atoms with Crippen LogP contribution in [0.4, 0.5) is 14.7 Å². The lowest BCUT2D eigenvalue weighted by atomic mass is 9.72. The lowest BCUT2D eigenvalue weighted by Crippen LogP contribution is -2.45. The number of hydrogen-bond acceptors (Lipinski definition) is 6. The molecule has 0 unspecified atom stereocenters. The van der Waals surface area contributed by atoms with Gasteiger partial charge in [-0.2, -0.15) is 8.78 Å². The first kappa shape index (κ1) is 20.4. The number of aromatic nitrogens is 2. The molecule has 1 aromatic heterocycles. The zero-order chi connectivity index (χ0) is 20.5. The Hall–Kier alpha value is -2.36. The number of nitrogens with zero attached hydrogens (tertiary/aromatic N) is 3. The van der Waals surface area contributed by atoms with E-state index in [1.165, 1.54) is 0 Å². The molecule has 148 valence electrons. The summed E-state index contributed by atoms with van der Waals surface area (Å²) in [5.74, 6) is 2.37. The van der Waals surface area contributed by atoms with Crippen LogP contribution in [-0.2, 0) is 10.3 Å². The van der Waals surface area contributed by atoms with Crippen molar-refractivity contribution in [2.45, 2.75) is 31.2 Å². The van der Waals surface area contributed by atoms with Crippen molar-refractivity contribution in [1.82, 2.24) is 15.0 Å². The molecule has 0 aliphatic heterocycles. The number of carbonyl (C=O) groups is 2. The van der Waals surface area contributed by atoms with E-state index < -0.39 is 23.8 Å². The van der Waals surface area contributed by atoms with E-state index in [1.54, 1.807) is 18.2 Å². The first-order valence-electron chi connectivity index (χ1n) is 8.21. The Morgan fingerprint density at radius 3 is 2.21 bits per heavy atom. The predicted molar refractivity (Wildman–Crippen MR) is 99.0 cm³/mol. The van der Waals surface area contributed by atoms with Crippen molar-refractivity contribution in [3.05, 3.63) is 51.8 Å². The number of carbonyl (C=O) groups excluding carboxylic acids is 2. The van der Waals surface area contributed by atoms with Gasteiger partial charge in [0.15, 0.2) is 0 Å². The monoisotopic (exact) mass is 429 g/mol. The van der Waals surface area contributed by atoms with E-state index in [0.717, 1.165) is 37.2 Å². The third kappa shape index (κ3) is 3.78. The number of rotatable bonds is 5. The van der Waals surface area contributed by atoms with Crippen LogP contribution < -0.4 is 11.2 Å². The number of hydrogen-bond donors (Lipinski definition) is 2. The molecule has 0 bridgehead atoms. The van der Waals surface area contributed by atoms with Crippen LogP contribution in [0.2, 0.25) is 10.0 Å². The topological polar surface area (TPSA) is 101 Å². The van der Waals surface area contributed by atoms with Crippen molar-refractivity contribution >= 4 is 41.0 Å². The maximum atomic E-state index is 12.4. The van der Waals surface area contributed by atoms with Gasteiger partial charge in [-0.1, -0.05) is 29.3 Å². The summed E-state index contributed by atoms with van der Waals surface area (Å²) in [5, 5.41) is 4.05. The van der Waals surface area contributed by atoms with Gasteiger partial charge in [0.05, 0.1) is 11.1 Å². The Kier molecular flexibility index (Phi) is 5.78. The van der Waals surface area contributed by atoms with E-state index in [4.69, 9.17) is 29.0 Å². The molecule has 0 radical (unpaired) electrons. The predicted octanol–water partition coefficient (Wildman–Crippen LogP) is 3.38. The fraction of sp³-hybridized carbons (Fsp3) is 0.294. The molecule has 3 N–H and O–H groups in total. The van der Waals surface area contributed by atoms with Gasteiger partial charge in [-0.3, -0.25) is 9.59 Å². The normalized spacial score (nSPS) is 15.1. The molecule has 1 aliphatic carbocycles. The Labute approximate surface area is 168 Å². The largest absolute Gasteiger partial charge is 0.345 e. The zero-order valence-electron chi connectivity index (χ0n) is 14.3.